The predicted molar refractivity (Wildman–Crippen MR) is 153 cm³/mol. The maximum atomic E-state index is 12.1. The second-order valence-electron chi connectivity index (χ2n) is 11.2. The number of carboxylic acid groups (broad SMARTS) is 1. The Kier molecular flexibility index (Phi) is 18.1. The molecule has 0 aliphatic heterocycles. The van der Waals surface area contributed by atoms with Crippen molar-refractivity contribution in [3.8, 4) is 0 Å². The van der Waals surface area contributed by atoms with Crippen molar-refractivity contribution in [2.75, 3.05) is 21.2 Å². The van der Waals surface area contributed by atoms with Crippen LogP contribution in [0.15, 0.2) is 49.1 Å². The molecule has 0 radical (unpaired) electrons. The van der Waals surface area contributed by atoms with Crippen LogP contribution in [0.25, 0.3) is 0 Å². The van der Waals surface area contributed by atoms with Crippen LogP contribution in [0.3, 0.4) is 0 Å². The number of likely N-dealkylation sites (N-methyl/N-ethyl adjacent to an activating group) is 2. The number of hydrogen-bond donors (Lipinski definition) is 1. The van der Waals surface area contributed by atoms with Crippen molar-refractivity contribution in [2.45, 2.75) is 77.7 Å². The van der Waals surface area contributed by atoms with Gasteiger partial charge in [-0.15, -0.1) is 0 Å². The Balaban J connectivity index is 0. The largest absolute Gasteiger partial charge is 1.00 e. The van der Waals surface area contributed by atoms with Gasteiger partial charge in [-0.2, -0.15) is 0 Å². The Bertz CT molecular complexity index is 1140. The topological polar surface area (TPSA) is 178 Å². The van der Waals surface area contributed by atoms with Gasteiger partial charge in [0.25, 0.3) is 0 Å². The fourth-order valence-electron chi connectivity index (χ4n) is 3.31. The molecule has 2 amide bonds. The van der Waals surface area contributed by atoms with E-state index in [9.17, 15) is 24.3 Å². The van der Waals surface area contributed by atoms with Crippen molar-refractivity contribution in [3.63, 3.8) is 0 Å². The number of rotatable bonds is 8. The Morgan fingerprint density at radius 2 is 1.16 bits per heavy atom. The van der Waals surface area contributed by atoms with Gasteiger partial charge < -0.3 is 24.8 Å². The van der Waals surface area contributed by atoms with Gasteiger partial charge in [-0.25, -0.2) is 19.2 Å². The molecule has 2 rings (SSSR count). The van der Waals surface area contributed by atoms with E-state index < -0.39 is 47.4 Å². The Morgan fingerprint density at radius 3 is 1.47 bits per heavy atom. The van der Waals surface area contributed by atoms with Crippen molar-refractivity contribution in [1.82, 2.24) is 19.8 Å². The normalized spacial score (nSPS) is 11.9. The molecule has 2 N–H and O–H groups in total. The third kappa shape index (κ3) is 15.9. The van der Waals surface area contributed by atoms with E-state index in [1.54, 1.807) is 84.5 Å². The summed E-state index contributed by atoms with van der Waals surface area (Å²) in [6.45, 7) is 10.5. The van der Waals surface area contributed by atoms with Gasteiger partial charge in [0.15, 0.2) is 0 Å². The summed E-state index contributed by atoms with van der Waals surface area (Å²) in [5.41, 5.74) is 0.293. The molecule has 2 atom stereocenters. The van der Waals surface area contributed by atoms with Crippen molar-refractivity contribution < 1.29 is 62.8 Å². The Hall–Kier alpha value is -3.66. The van der Waals surface area contributed by atoms with E-state index >= 15 is 0 Å². The van der Waals surface area contributed by atoms with Crippen LogP contribution in [-0.4, -0.2) is 99.0 Å². The summed E-state index contributed by atoms with van der Waals surface area (Å²) in [6.07, 6.45) is 5.76. The van der Waals surface area contributed by atoms with E-state index in [1.807, 2.05) is 6.07 Å². The molecule has 0 unspecified atom stereocenters. The van der Waals surface area contributed by atoms with Crippen LogP contribution in [0, 0.1) is 0 Å². The van der Waals surface area contributed by atoms with Crippen LogP contribution in [0.1, 0.15) is 52.7 Å². The molecule has 0 fully saturated rings. The molecule has 2 aromatic rings. The number of hydrogen-bond acceptors (Lipinski definition) is 10. The summed E-state index contributed by atoms with van der Waals surface area (Å²) in [5, 5.41) is 9.28. The number of methoxy groups -OCH3 is 1. The number of carbonyl (C=O) groups excluding carboxylic acids is 3. The second-order valence-corrected chi connectivity index (χ2v) is 11.2. The first-order valence-electron chi connectivity index (χ1n) is 12.9. The molecule has 0 bridgehead atoms. The smallest absolute Gasteiger partial charge is 0.870 e. The number of nitrogens with zero attached hydrogens (tertiary/aromatic N) is 4. The van der Waals surface area contributed by atoms with Crippen LogP contribution in [-0.2, 0) is 36.6 Å². The maximum Gasteiger partial charge on any atom is 1.00 e. The van der Waals surface area contributed by atoms with E-state index in [4.69, 9.17) is 14.2 Å². The van der Waals surface area contributed by atoms with Gasteiger partial charge in [0.1, 0.15) is 23.3 Å². The first-order chi connectivity index (χ1) is 18.9. The third-order valence-electron chi connectivity index (χ3n) is 5.36. The van der Waals surface area contributed by atoms with E-state index in [1.165, 1.54) is 26.1 Å². The summed E-state index contributed by atoms with van der Waals surface area (Å²) in [5.74, 6) is -1.57. The first-order valence-corrected chi connectivity index (χ1v) is 12.9. The van der Waals surface area contributed by atoms with E-state index in [0.717, 1.165) is 16.0 Å². The number of aromatic nitrogens is 2. The fraction of sp³-hybridized carbons (Fsp3) is 0.517. The van der Waals surface area contributed by atoms with Crippen LogP contribution < -0.4 is 18.9 Å². The maximum absolute atomic E-state index is 12.1. The van der Waals surface area contributed by atoms with Gasteiger partial charge in [-0.05, 0) is 64.8 Å². The van der Waals surface area contributed by atoms with Gasteiger partial charge in [0.2, 0.25) is 0 Å². The van der Waals surface area contributed by atoms with E-state index in [2.05, 4.69) is 9.97 Å². The molecule has 0 aliphatic rings. The summed E-state index contributed by atoms with van der Waals surface area (Å²) < 4.78 is 15.2. The summed E-state index contributed by atoms with van der Waals surface area (Å²) >= 11 is 0. The molecule has 43 heavy (non-hydrogen) atoms. The van der Waals surface area contributed by atoms with E-state index in [0.29, 0.717) is 6.42 Å². The number of amides is 2. The van der Waals surface area contributed by atoms with Crippen LogP contribution >= 0.6 is 0 Å². The number of aliphatic carboxylic acids is 1. The molecule has 0 aliphatic carbocycles. The molecule has 0 saturated carbocycles. The van der Waals surface area contributed by atoms with Gasteiger partial charge in [0.05, 0.1) is 7.11 Å². The van der Waals surface area contributed by atoms with Gasteiger partial charge in [-0.1, -0.05) is 12.1 Å². The van der Waals surface area contributed by atoms with Gasteiger partial charge in [-0.3, -0.25) is 19.8 Å². The minimum absolute atomic E-state index is 0. The molecule has 234 valence electrons. The zero-order valence-electron chi connectivity index (χ0n) is 26.7. The molecule has 13 nitrogen and oxygen atoms in total. The van der Waals surface area contributed by atoms with Crippen LogP contribution in [0.4, 0.5) is 9.59 Å². The number of ether oxygens (including phenoxy) is 3. The Labute approximate surface area is 265 Å². The zero-order valence-corrected chi connectivity index (χ0v) is 26.7. The predicted octanol–water partition coefficient (Wildman–Crippen LogP) is 0.804. The fourth-order valence-corrected chi connectivity index (χ4v) is 3.31. The van der Waals surface area contributed by atoms with Crippen molar-refractivity contribution in [3.05, 3.63) is 60.2 Å². The molecular formula is C29H43LiN4O9. The van der Waals surface area contributed by atoms with E-state index in [-0.39, 0.29) is 30.8 Å². The summed E-state index contributed by atoms with van der Waals surface area (Å²) in [7, 11) is 4.23. The third-order valence-corrected chi connectivity index (χ3v) is 5.36. The van der Waals surface area contributed by atoms with Crippen LogP contribution in [0.5, 0.6) is 0 Å². The van der Waals surface area contributed by atoms with Crippen molar-refractivity contribution >= 4 is 24.1 Å². The molecule has 2 heterocycles. The number of carbonyl (C=O) groups is 4. The second kappa shape index (κ2) is 18.8. The molecular weight excluding hydrogens is 555 g/mol. The average Bonchev–Trinajstić information content (AvgIpc) is 2.88. The minimum Gasteiger partial charge on any atom is -0.870 e. The summed E-state index contributed by atoms with van der Waals surface area (Å²) in [4.78, 5) is 57.6. The zero-order chi connectivity index (χ0) is 31.4. The molecule has 2 aromatic heterocycles. The molecule has 0 aromatic carbocycles. The van der Waals surface area contributed by atoms with Crippen molar-refractivity contribution in [2.24, 2.45) is 0 Å². The standard InChI is InChI=1S/C15H22N2O4.C14H20N2O4.Li.H2O/c1-15(2,3)21-14(19)17(4)12(13(18)20-5)9-11-7-6-8-16-10-11;1-14(2,3)20-13(19)16(4)11(12(17)18)8-10-6-5-7-15-9-10;;/h6-8,10,12H,9H2,1-5H3;5-7,9,11H,8H2,1-4H3,(H,17,18);;1H2/q;;+1;/p-1/t12-;11-;;/m00../s1. The van der Waals surface area contributed by atoms with Gasteiger partial charge >= 0.3 is 43.0 Å². The summed E-state index contributed by atoms with van der Waals surface area (Å²) in [6, 6.07) is 5.36. The number of carboxylic acids is 1. The monoisotopic (exact) mass is 598 g/mol. The SMILES string of the molecule is CN(C(=O)OC(C)(C)C)[C@@H](Cc1cccnc1)C(=O)O.COC(=O)[C@H](Cc1cccnc1)N(C)C(=O)OC(C)(C)C.[Li+].[OH-]. The first kappa shape index (κ1) is 41.5. The quantitative estimate of drug-likeness (QED) is 0.258. The minimum atomic E-state index is -1.08. The number of pyridine rings is 2. The molecule has 0 saturated heterocycles. The molecule has 14 heteroatoms. The molecule has 0 spiro atoms. The van der Waals surface area contributed by atoms with Gasteiger partial charge in [0, 0.05) is 51.7 Å². The Morgan fingerprint density at radius 1 is 0.791 bits per heavy atom. The number of esters is 1. The average molecular weight is 599 g/mol. The van der Waals surface area contributed by atoms with Crippen molar-refractivity contribution in [1.29, 1.82) is 0 Å². The van der Waals surface area contributed by atoms with Crippen LogP contribution in [0.2, 0.25) is 0 Å².